The van der Waals surface area contributed by atoms with E-state index in [-0.39, 0.29) is 12.7 Å². The van der Waals surface area contributed by atoms with Gasteiger partial charge in [0.2, 0.25) is 0 Å². The Morgan fingerprint density at radius 1 is 1.00 bits per heavy atom. The molecule has 1 atom stereocenters. The van der Waals surface area contributed by atoms with Gasteiger partial charge in [0.05, 0.1) is 28.9 Å². The predicted octanol–water partition coefficient (Wildman–Crippen LogP) is 0.337. The number of hydrogen-bond acceptors (Lipinski definition) is 6. The topological polar surface area (TPSA) is 151 Å². The summed E-state index contributed by atoms with van der Waals surface area (Å²) in [6.45, 7) is 0.318. The highest BCUT2D eigenvalue weighted by Gasteiger charge is 2.31. The molecule has 0 aliphatic carbocycles. The van der Waals surface area contributed by atoms with Crippen LogP contribution >= 0.6 is 0 Å². The third kappa shape index (κ3) is 3.04. The van der Waals surface area contributed by atoms with E-state index in [0.717, 1.165) is 12.1 Å². The van der Waals surface area contributed by atoms with E-state index < -0.39 is 46.1 Å². The minimum absolute atomic E-state index is 0.0963. The number of esters is 1. The Labute approximate surface area is 122 Å². The average Bonchev–Trinajstić information content (AvgIpc) is 3.26. The van der Waals surface area contributed by atoms with Crippen LogP contribution in [-0.2, 0) is 9.47 Å². The highest BCUT2D eigenvalue weighted by atomic mass is 16.6. The van der Waals surface area contributed by atoms with Crippen LogP contribution in [0.3, 0.4) is 0 Å². The van der Waals surface area contributed by atoms with Gasteiger partial charge in [0.25, 0.3) is 0 Å². The first-order valence-electron chi connectivity index (χ1n) is 5.98. The molecule has 1 aromatic carbocycles. The molecule has 1 saturated heterocycles. The number of carbonyl (C=O) groups excluding carboxylic acids is 1. The minimum atomic E-state index is -1.77. The summed E-state index contributed by atoms with van der Waals surface area (Å²) >= 11 is 0. The van der Waals surface area contributed by atoms with Gasteiger partial charge in [0.1, 0.15) is 12.7 Å². The van der Waals surface area contributed by atoms with E-state index in [1.165, 1.54) is 0 Å². The van der Waals surface area contributed by atoms with E-state index in [2.05, 4.69) is 0 Å². The van der Waals surface area contributed by atoms with Crippen molar-refractivity contribution >= 4 is 23.9 Å². The lowest BCUT2D eigenvalue weighted by Gasteiger charge is -2.11. The zero-order chi connectivity index (χ0) is 16.4. The van der Waals surface area contributed by atoms with Crippen molar-refractivity contribution in [2.75, 3.05) is 13.2 Å². The molecule has 0 spiro atoms. The van der Waals surface area contributed by atoms with Gasteiger partial charge in [-0.05, 0) is 12.1 Å². The summed E-state index contributed by atoms with van der Waals surface area (Å²) in [6.07, 6.45) is -0.255. The second kappa shape index (κ2) is 5.82. The second-order valence-electron chi connectivity index (χ2n) is 4.38. The van der Waals surface area contributed by atoms with Crippen LogP contribution in [0.2, 0.25) is 0 Å². The number of hydrogen-bond donors (Lipinski definition) is 3. The fourth-order valence-electron chi connectivity index (χ4n) is 1.81. The molecule has 2 rings (SSSR count). The maximum atomic E-state index is 11.9. The average molecular weight is 310 g/mol. The van der Waals surface area contributed by atoms with Crippen molar-refractivity contribution in [3.05, 3.63) is 34.4 Å². The molecule has 1 aliphatic rings. The molecule has 1 aromatic rings. The summed E-state index contributed by atoms with van der Waals surface area (Å²) in [7, 11) is 0. The maximum absolute atomic E-state index is 11.9. The summed E-state index contributed by atoms with van der Waals surface area (Å²) in [6, 6.07) is 1.76. The molecule has 9 heteroatoms. The molecular weight excluding hydrogens is 300 g/mol. The molecule has 9 nitrogen and oxygen atoms in total. The van der Waals surface area contributed by atoms with Gasteiger partial charge in [-0.2, -0.15) is 0 Å². The predicted molar refractivity (Wildman–Crippen MR) is 67.3 cm³/mol. The Morgan fingerprint density at radius 2 is 1.50 bits per heavy atom. The lowest BCUT2D eigenvalue weighted by atomic mass is 9.95. The van der Waals surface area contributed by atoms with E-state index in [1.807, 2.05) is 0 Å². The van der Waals surface area contributed by atoms with Crippen LogP contribution in [-0.4, -0.2) is 58.5 Å². The van der Waals surface area contributed by atoms with Gasteiger partial charge in [0.15, 0.2) is 0 Å². The van der Waals surface area contributed by atoms with Crippen molar-refractivity contribution < 1.29 is 44.0 Å². The highest BCUT2D eigenvalue weighted by molar-refractivity contribution is 6.14. The normalized spacial score (nSPS) is 15.9. The molecule has 0 amide bonds. The van der Waals surface area contributed by atoms with Gasteiger partial charge in [-0.3, -0.25) is 0 Å². The molecule has 1 unspecified atom stereocenters. The third-order valence-electron chi connectivity index (χ3n) is 2.89. The largest absolute Gasteiger partial charge is 0.478 e. The van der Waals surface area contributed by atoms with Crippen LogP contribution in [0.5, 0.6) is 0 Å². The summed E-state index contributed by atoms with van der Waals surface area (Å²) in [5.41, 5.74) is -3.16. The summed E-state index contributed by atoms with van der Waals surface area (Å²) in [4.78, 5) is 45.4. The van der Waals surface area contributed by atoms with Crippen molar-refractivity contribution in [1.82, 2.24) is 0 Å². The number of carboxylic acid groups (broad SMARTS) is 3. The van der Waals surface area contributed by atoms with Crippen molar-refractivity contribution in [2.45, 2.75) is 6.10 Å². The fourth-order valence-corrected chi connectivity index (χ4v) is 1.81. The lowest BCUT2D eigenvalue weighted by molar-refractivity contribution is 0.0466. The number of epoxide rings is 1. The monoisotopic (exact) mass is 310 g/mol. The molecule has 3 N–H and O–H groups in total. The van der Waals surface area contributed by atoms with Gasteiger partial charge in [0, 0.05) is 0 Å². The summed E-state index contributed by atoms with van der Waals surface area (Å²) in [5.74, 6) is -6.19. The van der Waals surface area contributed by atoms with Crippen LogP contribution in [0.15, 0.2) is 12.1 Å². The van der Waals surface area contributed by atoms with E-state index in [4.69, 9.17) is 24.8 Å². The van der Waals surface area contributed by atoms with Gasteiger partial charge in [-0.1, -0.05) is 0 Å². The fraction of sp³-hybridized carbons (Fsp3) is 0.231. The molecule has 1 fully saturated rings. The number of rotatable bonds is 6. The zero-order valence-electron chi connectivity index (χ0n) is 10.9. The van der Waals surface area contributed by atoms with Crippen LogP contribution in [0, 0.1) is 0 Å². The number of carbonyl (C=O) groups is 4. The third-order valence-corrected chi connectivity index (χ3v) is 2.89. The Bertz CT molecular complexity index is 672. The second-order valence-corrected chi connectivity index (χ2v) is 4.38. The van der Waals surface area contributed by atoms with E-state index in [1.54, 1.807) is 0 Å². The Balaban J connectivity index is 2.51. The van der Waals surface area contributed by atoms with Crippen molar-refractivity contribution in [3.63, 3.8) is 0 Å². The van der Waals surface area contributed by atoms with Gasteiger partial charge in [-0.25, -0.2) is 19.2 Å². The van der Waals surface area contributed by atoms with Crippen LogP contribution < -0.4 is 0 Å². The summed E-state index contributed by atoms with van der Waals surface area (Å²) in [5, 5.41) is 27.2. The first-order valence-corrected chi connectivity index (χ1v) is 5.98. The van der Waals surface area contributed by atoms with Gasteiger partial charge < -0.3 is 24.8 Å². The summed E-state index contributed by atoms with van der Waals surface area (Å²) < 4.78 is 9.63. The SMILES string of the molecule is O=C(O)c1ccc(C(=O)OCC2CO2)c(C(=O)O)c1C(=O)O. The Hall–Kier alpha value is -2.94. The number of benzene rings is 1. The Morgan fingerprint density at radius 3 is 1.95 bits per heavy atom. The van der Waals surface area contributed by atoms with Crippen LogP contribution in [0.4, 0.5) is 0 Å². The van der Waals surface area contributed by atoms with Crippen LogP contribution in [0.1, 0.15) is 41.4 Å². The van der Waals surface area contributed by atoms with Gasteiger partial charge in [-0.15, -0.1) is 0 Å². The molecule has 0 aromatic heterocycles. The molecule has 0 radical (unpaired) electrons. The standard InChI is InChI=1S/C13H10O9/c14-10(15)6-1-2-7(13(20)22-4-5-3-21-5)9(12(18)19)8(6)11(16)17/h1-2,5H,3-4H2,(H,14,15)(H,16,17)(H,18,19). The van der Waals surface area contributed by atoms with E-state index in [0.29, 0.717) is 6.61 Å². The molecule has 0 saturated carbocycles. The van der Waals surface area contributed by atoms with E-state index >= 15 is 0 Å². The first-order chi connectivity index (χ1) is 10.3. The molecule has 1 heterocycles. The minimum Gasteiger partial charge on any atom is -0.478 e. The molecule has 1 aliphatic heterocycles. The van der Waals surface area contributed by atoms with E-state index in [9.17, 15) is 19.2 Å². The molecule has 22 heavy (non-hydrogen) atoms. The lowest BCUT2D eigenvalue weighted by Crippen LogP contribution is -2.21. The zero-order valence-corrected chi connectivity index (χ0v) is 10.9. The number of ether oxygens (including phenoxy) is 2. The number of aromatic carboxylic acids is 3. The number of carboxylic acids is 3. The highest BCUT2D eigenvalue weighted by Crippen LogP contribution is 2.22. The smallest absolute Gasteiger partial charge is 0.339 e. The molecule has 0 bridgehead atoms. The maximum Gasteiger partial charge on any atom is 0.339 e. The Kier molecular flexibility index (Phi) is 4.08. The van der Waals surface area contributed by atoms with Gasteiger partial charge >= 0.3 is 23.9 Å². The quantitative estimate of drug-likeness (QED) is 0.498. The van der Waals surface area contributed by atoms with Crippen molar-refractivity contribution in [1.29, 1.82) is 0 Å². The molecular formula is C13H10O9. The van der Waals surface area contributed by atoms with Crippen LogP contribution in [0.25, 0.3) is 0 Å². The molecule has 116 valence electrons. The van der Waals surface area contributed by atoms with Crippen molar-refractivity contribution in [3.8, 4) is 0 Å². The first kappa shape index (κ1) is 15.4. The van der Waals surface area contributed by atoms with Crippen molar-refractivity contribution in [2.24, 2.45) is 0 Å².